The van der Waals surface area contributed by atoms with Crippen LogP contribution in [0.2, 0.25) is 9.49 Å². The predicted octanol–water partition coefficient (Wildman–Crippen LogP) is 3.70. The Kier molecular flexibility index (Phi) is 5.23. The lowest BCUT2D eigenvalue weighted by molar-refractivity contribution is -0.119. The van der Waals surface area contributed by atoms with Gasteiger partial charge in [0.25, 0.3) is 0 Å². The normalized spacial score (nSPS) is 10.3. The molecule has 7 heteroatoms. The van der Waals surface area contributed by atoms with E-state index in [1.54, 1.807) is 6.20 Å². The van der Waals surface area contributed by atoms with E-state index in [-0.39, 0.29) is 5.91 Å². The van der Waals surface area contributed by atoms with Crippen molar-refractivity contribution in [2.24, 2.45) is 0 Å². The highest BCUT2D eigenvalue weighted by Crippen LogP contribution is 2.25. The number of hydrogen-bond acceptors (Lipinski definition) is 4. The first-order valence-corrected chi connectivity index (χ1v) is 7.49. The van der Waals surface area contributed by atoms with Crippen LogP contribution >= 0.6 is 34.5 Å². The molecule has 1 amide bonds. The van der Waals surface area contributed by atoms with Gasteiger partial charge in [-0.05, 0) is 17.7 Å². The average molecular weight is 330 g/mol. The molecule has 106 valence electrons. The van der Waals surface area contributed by atoms with Gasteiger partial charge in [0.1, 0.15) is 0 Å². The van der Waals surface area contributed by atoms with Crippen molar-refractivity contribution in [1.82, 2.24) is 10.3 Å². The molecule has 0 spiro atoms. The minimum Gasteiger partial charge on any atom is -0.379 e. The van der Waals surface area contributed by atoms with Gasteiger partial charge in [0.2, 0.25) is 5.91 Å². The van der Waals surface area contributed by atoms with Gasteiger partial charge in [0.15, 0.2) is 4.47 Å². The first kappa shape index (κ1) is 15.1. The summed E-state index contributed by atoms with van der Waals surface area (Å²) in [5.41, 5.74) is 1.79. The van der Waals surface area contributed by atoms with Gasteiger partial charge >= 0.3 is 0 Å². The number of hydrogen-bond donors (Lipinski definition) is 2. The highest BCUT2D eigenvalue weighted by molar-refractivity contribution is 7.15. The van der Waals surface area contributed by atoms with Crippen LogP contribution < -0.4 is 10.6 Å². The first-order chi connectivity index (χ1) is 9.54. The lowest BCUT2D eigenvalue weighted by atomic mass is 10.2. The molecule has 1 aromatic heterocycles. The number of anilines is 1. The molecule has 0 atom stereocenters. The molecule has 0 saturated heterocycles. The Morgan fingerprint density at radius 3 is 2.75 bits per heavy atom. The van der Waals surface area contributed by atoms with Crippen molar-refractivity contribution in [2.75, 3.05) is 5.32 Å². The van der Waals surface area contributed by atoms with E-state index in [0.717, 1.165) is 16.1 Å². The molecule has 0 saturated carbocycles. The van der Waals surface area contributed by atoms with Crippen LogP contribution in [0.3, 0.4) is 0 Å². The predicted molar refractivity (Wildman–Crippen MR) is 83.4 cm³/mol. The summed E-state index contributed by atoms with van der Waals surface area (Å²) in [7, 11) is 0. The number of nitrogens with zero attached hydrogens (tertiary/aromatic N) is 1. The highest BCUT2D eigenvalue weighted by Gasteiger charge is 2.04. The Hall–Kier alpha value is -1.30. The number of halogens is 2. The summed E-state index contributed by atoms with van der Waals surface area (Å²) in [4.78, 5) is 15.9. The molecule has 0 aliphatic rings. The third-order valence-corrected chi connectivity index (χ3v) is 3.98. The number of carbonyl (C=O) groups is 1. The summed E-state index contributed by atoms with van der Waals surface area (Å²) in [6.45, 7) is 2.58. The van der Waals surface area contributed by atoms with E-state index >= 15 is 0 Å². The molecular weight excluding hydrogens is 317 g/mol. The molecule has 2 rings (SSSR count). The van der Waals surface area contributed by atoms with Crippen molar-refractivity contribution in [2.45, 2.75) is 20.0 Å². The summed E-state index contributed by atoms with van der Waals surface area (Å²) in [6, 6.07) is 5.64. The molecule has 0 bridgehead atoms. The fourth-order valence-corrected chi connectivity index (χ4v) is 2.77. The minimum absolute atomic E-state index is 0.0644. The molecule has 1 aromatic carbocycles. The zero-order valence-corrected chi connectivity index (χ0v) is 13.1. The maximum atomic E-state index is 10.9. The van der Waals surface area contributed by atoms with Crippen LogP contribution in [0.1, 0.15) is 17.4 Å². The van der Waals surface area contributed by atoms with Crippen LogP contribution in [0, 0.1) is 0 Å². The molecule has 2 aromatic rings. The van der Waals surface area contributed by atoms with E-state index in [2.05, 4.69) is 15.6 Å². The molecule has 0 unspecified atom stereocenters. The van der Waals surface area contributed by atoms with Crippen molar-refractivity contribution >= 4 is 46.1 Å². The number of carbonyl (C=O) groups excluding carboxylic acids is 1. The summed E-state index contributed by atoms with van der Waals surface area (Å²) in [5, 5.41) is 6.57. The third kappa shape index (κ3) is 4.37. The van der Waals surface area contributed by atoms with Crippen LogP contribution in [-0.2, 0) is 17.9 Å². The van der Waals surface area contributed by atoms with E-state index in [1.807, 2.05) is 18.2 Å². The molecule has 0 aliphatic carbocycles. The smallest absolute Gasteiger partial charge is 0.217 e. The van der Waals surface area contributed by atoms with Crippen LogP contribution in [0.5, 0.6) is 0 Å². The zero-order chi connectivity index (χ0) is 14.5. The lowest BCUT2D eigenvalue weighted by Crippen LogP contribution is -2.18. The monoisotopic (exact) mass is 329 g/mol. The van der Waals surface area contributed by atoms with Crippen LogP contribution in [0.4, 0.5) is 5.69 Å². The Labute approximate surface area is 131 Å². The molecule has 20 heavy (non-hydrogen) atoms. The van der Waals surface area contributed by atoms with Crippen molar-refractivity contribution in [3.05, 3.63) is 44.3 Å². The van der Waals surface area contributed by atoms with Gasteiger partial charge in [-0.1, -0.05) is 29.3 Å². The van der Waals surface area contributed by atoms with Crippen molar-refractivity contribution < 1.29 is 4.79 Å². The second kappa shape index (κ2) is 6.92. The summed E-state index contributed by atoms with van der Waals surface area (Å²) >= 11 is 13.4. The second-order valence-electron chi connectivity index (χ2n) is 4.16. The van der Waals surface area contributed by atoms with Gasteiger partial charge in [0, 0.05) is 24.5 Å². The molecule has 0 radical (unpaired) electrons. The van der Waals surface area contributed by atoms with E-state index in [9.17, 15) is 4.79 Å². The summed E-state index contributed by atoms with van der Waals surface area (Å²) in [5.74, 6) is -0.0644. The largest absolute Gasteiger partial charge is 0.379 e. The quantitative estimate of drug-likeness (QED) is 0.879. The van der Waals surface area contributed by atoms with E-state index in [1.165, 1.54) is 18.3 Å². The second-order valence-corrected chi connectivity index (χ2v) is 6.26. The van der Waals surface area contributed by atoms with Crippen LogP contribution in [0.15, 0.2) is 24.4 Å². The first-order valence-electron chi connectivity index (χ1n) is 5.91. The van der Waals surface area contributed by atoms with Gasteiger partial charge in [-0.3, -0.25) is 4.79 Å². The van der Waals surface area contributed by atoms with Crippen LogP contribution in [-0.4, -0.2) is 10.9 Å². The van der Waals surface area contributed by atoms with Gasteiger partial charge in [-0.15, -0.1) is 11.3 Å². The van der Waals surface area contributed by atoms with Gasteiger partial charge in [-0.25, -0.2) is 4.98 Å². The molecule has 0 aliphatic heterocycles. The maximum absolute atomic E-state index is 10.9. The highest BCUT2D eigenvalue weighted by atomic mass is 35.5. The Morgan fingerprint density at radius 2 is 2.15 bits per heavy atom. The molecule has 2 N–H and O–H groups in total. The molecule has 4 nitrogen and oxygen atoms in total. The number of aromatic nitrogens is 1. The van der Waals surface area contributed by atoms with Crippen LogP contribution in [0.25, 0.3) is 0 Å². The van der Waals surface area contributed by atoms with E-state index < -0.39 is 0 Å². The van der Waals surface area contributed by atoms with E-state index in [0.29, 0.717) is 22.6 Å². The summed E-state index contributed by atoms with van der Waals surface area (Å²) in [6.07, 6.45) is 1.74. The summed E-state index contributed by atoms with van der Waals surface area (Å²) < 4.78 is 0.526. The number of rotatable bonds is 5. The number of thiazole rings is 1. The molecule has 1 heterocycles. The van der Waals surface area contributed by atoms with Crippen molar-refractivity contribution in [3.63, 3.8) is 0 Å². The molecular formula is C13H13Cl2N3OS. The fraction of sp³-hybridized carbons (Fsp3) is 0.231. The molecule has 0 fully saturated rings. The average Bonchev–Trinajstić information content (AvgIpc) is 2.81. The SMILES string of the molecule is CC(=O)NCc1ccc(NCc2cnc(Cl)s2)c(Cl)c1. The topological polar surface area (TPSA) is 54.0 Å². The van der Waals surface area contributed by atoms with Gasteiger partial charge < -0.3 is 10.6 Å². The fourth-order valence-electron chi connectivity index (χ4n) is 1.59. The van der Waals surface area contributed by atoms with E-state index in [4.69, 9.17) is 23.2 Å². The zero-order valence-electron chi connectivity index (χ0n) is 10.7. The standard InChI is InChI=1S/C13H13Cl2N3OS/c1-8(19)16-5-9-2-3-12(11(14)4-9)17-6-10-7-18-13(15)20-10/h2-4,7,17H,5-6H2,1H3,(H,16,19). The van der Waals surface area contributed by atoms with Crippen molar-refractivity contribution in [1.29, 1.82) is 0 Å². The Bertz CT molecular complexity index is 615. The lowest BCUT2D eigenvalue weighted by Gasteiger charge is -2.09. The van der Waals surface area contributed by atoms with Gasteiger partial charge in [-0.2, -0.15) is 0 Å². The van der Waals surface area contributed by atoms with Crippen molar-refractivity contribution in [3.8, 4) is 0 Å². The number of amides is 1. The van der Waals surface area contributed by atoms with Gasteiger partial charge in [0.05, 0.1) is 17.3 Å². The Morgan fingerprint density at radius 1 is 1.35 bits per heavy atom. The maximum Gasteiger partial charge on any atom is 0.217 e. The number of benzene rings is 1. The number of nitrogens with one attached hydrogen (secondary N) is 2. The Balaban J connectivity index is 1.96. The third-order valence-electron chi connectivity index (χ3n) is 2.55. The minimum atomic E-state index is -0.0644.